The number of nitrogens with one attached hydrogen (secondary N) is 1. The van der Waals surface area contributed by atoms with Crippen LogP contribution in [-0.4, -0.2) is 23.5 Å². The third kappa shape index (κ3) is 3.59. The van der Waals surface area contributed by atoms with Crippen molar-refractivity contribution in [2.24, 2.45) is 17.8 Å². The van der Waals surface area contributed by atoms with Crippen LogP contribution >= 0.6 is 0 Å². The van der Waals surface area contributed by atoms with E-state index >= 15 is 0 Å². The molecule has 0 heterocycles. The van der Waals surface area contributed by atoms with E-state index in [0.29, 0.717) is 19.4 Å². The zero-order valence-corrected chi connectivity index (χ0v) is 10.6. The molecule has 100 valence electrons. The molecule has 18 heavy (non-hydrogen) atoms. The maximum Gasteiger partial charge on any atom is 0.307 e. The van der Waals surface area contributed by atoms with Gasteiger partial charge in [-0.1, -0.05) is 25.0 Å². The summed E-state index contributed by atoms with van der Waals surface area (Å²) >= 11 is 0. The van der Waals surface area contributed by atoms with E-state index in [2.05, 4.69) is 5.32 Å². The first-order chi connectivity index (χ1) is 8.68. The Kier molecular flexibility index (Phi) is 4.39. The van der Waals surface area contributed by atoms with Gasteiger partial charge >= 0.3 is 5.97 Å². The average molecular weight is 251 g/mol. The van der Waals surface area contributed by atoms with Crippen LogP contribution in [0.3, 0.4) is 0 Å². The van der Waals surface area contributed by atoms with E-state index in [-0.39, 0.29) is 5.91 Å². The Labute approximate surface area is 107 Å². The van der Waals surface area contributed by atoms with Crippen LogP contribution in [0.1, 0.15) is 38.5 Å². The van der Waals surface area contributed by atoms with Crippen LogP contribution in [0.25, 0.3) is 0 Å². The van der Waals surface area contributed by atoms with Crippen molar-refractivity contribution in [2.75, 3.05) is 6.54 Å². The molecule has 0 aromatic carbocycles. The highest BCUT2D eigenvalue weighted by molar-refractivity contribution is 5.85. The number of rotatable bonds is 6. The third-order valence-corrected chi connectivity index (χ3v) is 3.87. The Bertz CT molecular complexity index is 347. The van der Waals surface area contributed by atoms with Crippen LogP contribution in [0.15, 0.2) is 12.2 Å². The molecule has 2 aliphatic carbocycles. The number of carbonyl (C=O) groups is 2. The largest absolute Gasteiger partial charge is 0.481 e. The molecule has 2 atom stereocenters. The SMILES string of the molecule is O=C(O)C1CC=CCC1C(=O)NCCCC1CC1. The van der Waals surface area contributed by atoms with Crippen LogP contribution in [-0.2, 0) is 9.59 Å². The second-order valence-electron chi connectivity index (χ2n) is 5.37. The lowest BCUT2D eigenvalue weighted by Gasteiger charge is -2.24. The van der Waals surface area contributed by atoms with E-state index in [1.807, 2.05) is 12.2 Å². The maximum absolute atomic E-state index is 12.0. The standard InChI is InChI=1S/C14H21NO3/c16-13(15-9-3-4-10-7-8-10)11-5-1-2-6-12(11)14(17)18/h1-2,10-12H,3-9H2,(H,15,16)(H,17,18). The van der Waals surface area contributed by atoms with E-state index in [4.69, 9.17) is 5.11 Å². The molecule has 4 nitrogen and oxygen atoms in total. The molecule has 0 aromatic heterocycles. The van der Waals surface area contributed by atoms with E-state index < -0.39 is 17.8 Å². The Morgan fingerprint density at radius 3 is 2.44 bits per heavy atom. The summed E-state index contributed by atoms with van der Waals surface area (Å²) in [6, 6.07) is 0. The van der Waals surface area contributed by atoms with Crippen molar-refractivity contribution < 1.29 is 14.7 Å². The van der Waals surface area contributed by atoms with Gasteiger partial charge in [0.05, 0.1) is 11.8 Å². The number of carbonyl (C=O) groups excluding carboxylic acids is 1. The van der Waals surface area contributed by atoms with Crippen molar-refractivity contribution in [3.8, 4) is 0 Å². The minimum absolute atomic E-state index is 0.0949. The lowest BCUT2D eigenvalue weighted by Crippen LogP contribution is -2.39. The number of allylic oxidation sites excluding steroid dienone is 2. The van der Waals surface area contributed by atoms with Crippen molar-refractivity contribution in [2.45, 2.75) is 38.5 Å². The zero-order chi connectivity index (χ0) is 13.0. The minimum atomic E-state index is -0.863. The highest BCUT2D eigenvalue weighted by Gasteiger charge is 2.33. The highest BCUT2D eigenvalue weighted by Crippen LogP contribution is 2.33. The molecule has 2 rings (SSSR count). The molecule has 0 bridgehead atoms. The lowest BCUT2D eigenvalue weighted by atomic mass is 9.82. The normalized spacial score (nSPS) is 26.9. The van der Waals surface area contributed by atoms with Gasteiger partial charge in [0.15, 0.2) is 0 Å². The van der Waals surface area contributed by atoms with Crippen LogP contribution in [0.4, 0.5) is 0 Å². The summed E-state index contributed by atoms with van der Waals surface area (Å²) in [6.07, 6.45) is 9.65. The van der Waals surface area contributed by atoms with Crippen molar-refractivity contribution in [1.82, 2.24) is 5.32 Å². The van der Waals surface area contributed by atoms with Gasteiger partial charge in [0.1, 0.15) is 0 Å². The van der Waals surface area contributed by atoms with Crippen molar-refractivity contribution in [3.05, 3.63) is 12.2 Å². The van der Waals surface area contributed by atoms with Gasteiger partial charge in [0, 0.05) is 6.54 Å². The molecule has 0 aromatic rings. The second kappa shape index (κ2) is 6.03. The fraction of sp³-hybridized carbons (Fsp3) is 0.714. The molecule has 4 heteroatoms. The van der Waals surface area contributed by atoms with E-state index in [1.54, 1.807) is 0 Å². The van der Waals surface area contributed by atoms with Gasteiger partial charge in [-0.3, -0.25) is 9.59 Å². The maximum atomic E-state index is 12.0. The van der Waals surface area contributed by atoms with Gasteiger partial charge in [-0.15, -0.1) is 0 Å². The third-order valence-electron chi connectivity index (χ3n) is 3.87. The monoisotopic (exact) mass is 251 g/mol. The lowest BCUT2D eigenvalue weighted by molar-refractivity contribution is -0.147. The van der Waals surface area contributed by atoms with Gasteiger partial charge in [0.2, 0.25) is 5.91 Å². The number of hydrogen-bond donors (Lipinski definition) is 2. The summed E-state index contributed by atoms with van der Waals surface area (Å²) in [6.45, 7) is 0.682. The minimum Gasteiger partial charge on any atom is -0.481 e. The number of amides is 1. The summed E-state index contributed by atoms with van der Waals surface area (Å²) in [7, 11) is 0. The number of carboxylic acids is 1. The smallest absolute Gasteiger partial charge is 0.307 e. The Morgan fingerprint density at radius 2 is 1.83 bits per heavy atom. The van der Waals surface area contributed by atoms with E-state index in [1.165, 1.54) is 19.3 Å². The van der Waals surface area contributed by atoms with Crippen LogP contribution < -0.4 is 5.32 Å². The molecule has 0 radical (unpaired) electrons. The van der Waals surface area contributed by atoms with Crippen LogP contribution in [0.2, 0.25) is 0 Å². The molecule has 2 unspecified atom stereocenters. The first-order valence-electron chi connectivity index (χ1n) is 6.84. The van der Waals surface area contributed by atoms with E-state index in [0.717, 1.165) is 12.3 Å². The summed E-state index contributed by atoms with van der Waals surface area (Å²) in [5.74, 6) is -1.03. The molecular weight excluding hydrogens is 230 g/mol. The fourth-order valence-corrected chi connectivity index (χ4v) is 2.52. The van der Waals surface area contributed by atoms with Gasteiger partial charge in [-0.25, -0.2) is 0 Å². The number of hydrogen-bond acceptors (Lipinski definition) is 2. The molecule has 2 N–H and O–H groups in total. The van der Waals surface area contributed by atoms with Gasteiger partial charge in [0.25, 0.3) is 0 Å². The Morgan fingerprint density at radius 1 is 1.17 bits per heavy atom. The fourth-order valence-electron chi connectivity index (χ4n) is 2.52. The first-order valence-corrected chi connectivity index (χ1v) is 6.84. The topological polar surface area (TPSA) is 66.4 Å². The molecule has 1 saturated carbocycles. The zero-order valence-electron chi connectivity index (χ0n) is 10.6. The number of carboxylic acid groups (broad SMARTS) is 1. The van der Waals surface area contributed by atoms with Gasteiger partial charge < -0.3 is 10.4 Å². The van der Waals surface area contributed by atoms with Crippen molar-refractivity contribution in [1.29, 1.82) is 0 Å². The average Bonchev–Trinajstić information content (AvgIpc) is 3.18. The van der Waals surface area contributed by atoms with Gasteiger partial charge in [-0.2, -0.15) is 0 Å². The Balaban J connectivity index is 1.74. The van der Waals surface area contributed by atoms with Crippen molar-refractivity contribution in [3.63, 3.8) is 0 Å². The second-order valence-corrected chi connectivity index (χ2v) is 5.37. The summed E-state index contributed by atoms with van der Waals surface area (Å²) < 4.78 is 0. The molecule has 2 aliphatic rings. The van der Waals surface area contributed by atoms with Gasteiger partial charge in [-0.05, 0) is 31.6 Å². The molecule has 0 saturated heterocycles. The summed E-state index contributed by atoms with van der Waals surface area (Å²) in [5, 5.41) is 12.0. The molecule has 1 fully saturated rings. The quantitative estimate of drug-likeness (QED) is 0.560. The summed E-state index contributed by atoms with van der Waals surface area (Å²) in [4.78, 5) is 23.0. The predicted molar refractivity (Wildman–Crippen MR) is 68.0 cm³/mol. The first kappa shape index (κ1) is 13.1. The van der Waals surface area contributed by atoms with Crippen LogP contribution in [0, 0.1) is 17.8 Å². The molecular formula is C14H21NO3. The van der Waals surface area contributed by atoms with Crippen LogP contribution in [0.5, 0.6) is 0 Å². The molecule has 1 amide bonds. The number of aliphatic carboxylic acids is 1. The molecule has 0 spiro atoms. The van der Waals surface area contributed by atoms with Crippen molar-refractivity contribution >= 4 is 11.9 Å². The predicted octanol–water partition coefficient (Wildman–Crippen LogP) is 1.96. The molecule has 0 aliphatic heterocycles. The Hall–Kier alpha value is -1.32. The highest BCUT2D eigenvalue weighted by atomic mass is 16.4. The summed E-state index contributed by atoms with van der Waals surface area (Å²) in [5.41, 5.74) is 0. The van der Waals surface area contributed by atoms with E-state index in [9.17, 15) is 9.59 Å².